The molecule has 0 bridgehead atoms. The number of nitrogens with zero attached hydrogens (tertiary/aromatic N) is 1. The summed E-state index contributed by atoms with van der Waals surface area (Å²) in [4.78, 5) is 11.8. The third-order valence-corrected chi connectivity index (χ3v) is 2.53. The number of aromatic nitrogens is 2. The van der Waals surface area contributed by atoms with E-state index >= 15 is 0 Å². The molecule has 5 nitrogen and oxygen atoms in total. The number of hydrogen-bond donors (Lipinski definition) is 2. The normalized spacial score (nSPS) is 11.6. The average molecular weight is 225 g/mol. The number of carbonyl (C=O) groups is 1. The number of rotatable bonds is 4. The second-order valence-corrected chi connectivity index (χ2v) is 4.50. The van der Waals surface area contributed by atoms with Gasteiger partial charge in [0.05, 0.1) is 29.1 Å². The van der Waals surface area contributed by atoms with Crippen molar-refractivity contribution in [3.05, 3.63) is 11.4 Å². The number of ether oxygens (including phenoxy) is 1. The third kappa shape index (κ3) is 3.06. The minimum Gasteiger partial charge on any atom is -0.378 e. The molecular formula is C11H19N3O2. The first kappa shape index (κ1) is 12.7. The lowest BCUT2D eigenvalue weighted by Gasteiger charge is -2.21. The summed E-state index contributed by atoms with van der Waals surface area (Å²) < 4.78 is 5.20. The summed E-state index contributed by atoms with van der Waals surface area (Å²) >= 11 is 0. The highest BCUT2D eigenvalue weighted by Crippen LogP contribution is 2.19. The summed E-state index contributed by atoms with van der Waals surface area (Å²) in [6.45, 7) is 7.47. The van der Waals surface area contributed by atoms with Gasteiger partial charge in [-0.3, -0.25) is 9.89 Å². The predicted octanol–water partition coefficient (Wildman–Crippen LogP) is 1.78. The average Bonchev–Trinajstić information content (AvgIpc) is 2.49. The van der Waals surface area contributed by atoms with E-state index < -0.39 is 5.60 Å². The molecule has 0 saturated carbocycles. The van der Waals surface area contributed by atoms with E-state index in [1.807, 2.05) is 27.7 Å². The standard InChI is InChI=1S/C11H19N3O2/c1-7-10(8(2)14-13-7)12-9(15)6-11(3,4)16-5/h6H2,1-5H3,(H,12,15)(H,13,14). The van der Waals surface area contributed by atoms with Crippen molar-refractivity contribution in [3.8, 4) is 0 Å². The van der Waals surface area contributed by atoms with Gasteiger partial charge in [0.2, 0.25) is 5.91 Å². The van der Waals surface area contributed by atoms with Crippen LogP contribution >= 0.6 is 0 Å². The van der Waals surface area contributed by atoms with Crippen LogP contribution in [-0.4, -0.2) is 28.8 Å². The fourth-order valence-electron chi connectivity index (χ4n) is 1.38. The fourth-order valence-corrected chi connectivity index (χ4v) is 1.38. The summed E-state index contributed by atoms with van der Waals surface area (Å²) in [5, 5.41) is 9.67. The maximum absolute atomic E-state index is 11.8. The highest BCUT2D eigenvalue weighted by Gasteiger charge is 2.22. The first-order valence-corrected chi connectivity index (χ1v) is 5.22. The van der Waals surface area contributed by atoms with Gasteiger partial charge in [0.1, 0.15) is 0 Å². The van der Waals surface area contributed by atoms with Crippen molar-refractivity contribution in [3.63, 3.8) is 0 Å². The summed E-state index contributed by atoms with van der Waals surface area (Å²) in [6, 6.07) is 0. The molecule has 0 fully saturated rings. The van der Waals surface area contributed by atoms with Crippen molar-refractivity contribution in [2.45, 2.75) is 39.7 Å². The maximum atomic E-state index is 11.8. The Balaban J connectivity index is 2.66. The van der Waals surface area contributed by atoms with Gasteiger partial charge < -0.3 is 10.1 Å². The van der Waals surface area contributed by atoms with Crippen LogP contribution in [0.15, 0.2) is 0 Å². The maximum Gasteiger partial charge on any atom is 0.227 e. The van der Waals surface area contributed by atoms with Gasteiger partial charge in [-0.2, -0.15) is 5.10 Å². The van der Waals surface area contributed by atoms with Gasteiger partial charge in [0.25, 0.3) is 0 Å². The second-order valence-electron chi connectivity index (χ2n) is 4.50. The van der Waals surface area contributed by atoms with Gasteiger partial charge in [0.15, 0.2) is 0 Å². The van der Waals surface area contributed by atoms with Crippen LogP contribution in [0.3, 0.4) is 0 Å². The topological polar surface area (TPSA) is 67.0 Å². The van der Waals surface area contributed by atoms with E-state index in [-0.39, 0.29) is 5.91 Å². The number of methoxy groups -OCH3 is 1. The molecule has 1 aromatic heterocycles. The van der Waals surface area contributed by atoms with Gasteiger partial charge in [0, 0.05) is 7.11 Å². The van der Waals surface area contributed by atoms with Gasteiger partial charge in [-0.1, -0.05) is 0 Å². The van der Waals surface area contributed by atoms with Crippen LogP contribution in [0.1, 0.15) is 31.7 Å². The van der Waals surface area contributed by atoms with Crippen LogP contribution < -0.4 is 5.32 Å². The highest BCUT2D eigenvalue weighted by molar-refractivity contribution is 5.92. The molecule has 0 spiro atoms. The SMILES string of the molecule is COC(C)(C)CC(=O)Nc1c(C)n[nH]c1C. The number of nitrogens with one attached hydrogen (secondary N) is 2. The second kappa shape index (κ2) is 4.65. The zero-order chi connectivity index (χ0) is 12.3. The van der Waals surface area contributed by atoms with Crippen molar-refractivity contribution >= 4 is 11.6 Å². The number of anilines is 1. The number of carbonyl (C=O) groups excluding carboxylic acids is 1. The molecule has 1 amide bonds. The Morgan fingerprint density at radius 1 is 1.50 bits per heavy atom. The summed E-state index contributed by atoms with van der Waals surface area (Å²) in [6.07, 6.45) is 0.313. The first-order chi connectivity index (χ1) is 7.35. The molecule has 2 N–H and O–H groups in total. The monoisotopic (exact) mass is 225 g/mol. The van der Waals surface area contributed by atoms with E-state index in [4.69, 9.17) is 4.74 Å². The molecule has 90 valence electrons. The lowest BCUT2D eigenvalue weighted by Crippen LogP contribution is -2.29. The Labute approximate surface area is 95.6 Å². The fraction of sp³-hybridized carbons (Fsp3) is 0.636. The molecule has 0 radical (unpaired) electrons. The molecule has 1 rings (SSSR count). The number of H-pyrrole nitrogens is 1. The number of hydrogen-bond acceptors (Lipinski definition) is 3. The molecule has 1 heterocycles. The van der Waals surface area contributed by atoms with E-state index in [9.17, 15) is 4.79 Å². The van der Waals surface area contributed by atoms with Crippen molar-refractivity contribution in [2.75, 3.05) is 12.4 Å². The van der Waals surface area contributed by atoms with Crippen molar-refractivity contribution in [1.82, 2.24) is 10.2 Å². The van der Waals surface area contributed by atoms with E-state index in [0.29, 0.717) is 6.42 Å². The Hall–Kier alpha value is -1.36. The van der Waals surface area contributed by atoms with Crippen molar-refractivity contribution in [1.29, 1.82) is 0 Å². The number of aromatic amines is 1. The zero-order valence-electron chi connectivity index (χ0n) is 10.5. The molecule has 0 aromatic carbocycles. The quantitative estimate of drug-likeness (QED) is 0.820. The minimum atomic E-state index is -0.449. The van der Waals surface area contributed by atoms with Gasteiger partial charge in [-0.25, -0.2) is 0 Å². The van der Waals surface area contributed by atoms with Crippen LogP contribution in [0.25, 0.3) is 0 Å². The van der Waals surface area contributed by atoms with E-state index in [0.717, 1.165) is 17.1 Å². The predicted molar refractivity (Wildman–Crippen MR) is 62.4 cm³/mol. The largest absolute Gasteiger partial charge is 0.378 e. The summed E-state index contributed by atoms with van der Waals surface area (Å²) in [7, 11) is 1.60. The van der Waals surface area contributed by atoms with Gasteiger partial charge >= 0.3 is 0 Å². The minimum absolute atomic E-state index is 0.0700. The molecule has 0 aliphatic carbocycles. The third-order valence-electron chi connectivity index (χ3n) is 2.53. The van der Waals surface area contributed by atoms with Gasteiger partial charge in [-0.15, -0.1) is 0 Å². The van der Waals surface area contributed by atoms with Crippen LogP contribution in [0, 0.1) is 13.8 Å². The number of aryl methyl sites for hydroxylation is 2. The molecule has 16 heavy (non-hydrogen) atoms. The molecule has 0 unspecified atom stereocenters. The van der Waals surface area contributed by atoms with Crippen molar-refractivity contribution in [2.24, 2.45) is 0 Å². The highest BCUT2D eigenvalue weighted by atomic mass is 16.5. The van der Waals surface area contributed by atoms with Crippen LogP contribution in [0.2, 0.25) is 0 Å². The smallest absolute Gasteiger partial charge is 0.227 e. The van der Waals surface area contributed by atoms with E-state index in [1.54, 1.807) is 7.11 Å². The van der Waals surface area contributed by atoms with Crippen LogP contribution in [0.5, 0.6) is 0 Å². The molecule has 1 aromatic rings. The summed E-state index contributed by atoms with van der Waals surface area (Å²) in [5.74, 6) is -0.0700. The Morgan fingerprint density at radius 3 is 2.56 bits per heavy atom. The van der Waals surface area contributed by atoms with E-state index in [1.165, 1.54) is 0 Å². The molecule has 0 saturated heterocycles. The Bertz CT molecular complexity index is 363. The molecule has 0 atom stereocenters. The lowest BCUT2D eigenvalue weighted by molar-refractivity contribution is -0.121. The van der Waals surface area contributed by atoms with Crippen LogP contribution in [-0.2, 0) is 9.53 Å². The molecule has 0 aliphatic heterocycles. The summed E-state index contributed by atoms with van der Waals surface area (Å²) in [5.41, 5.74) is 1.97. The zero-order valence-corrected chi connectivity index (χ0v) is 10.5. The van der Waals surface area contributed by atoms with E-state index in [2.05, 4.69) is 15.5 Å². The Kier molecular flexibility index (Phi) is 3.70. The van der Waals surface area contributed by atoms with Crippen LogP contribution in [0.4, 0.5) is 5.69 Å². The molecule has 5 heteroatoms. The molecular weight excluding hydrogens is 206 g/mol. The first-order valence-electron chi connectivity index (χ1n) is 5.22. The van der Waals surface area contributed by atoms with Crippen molar-refractivity contribution < 1.29 is 9.53 Å². The molecule has 0 aliphatic rings. The lowest BCUT2D eigenvalue weighted by atomic mass is 10.0. The number of amides is 1. The van der Waals surface area contributed by atoms with Gasteiger partial charge in [-0.05, 0) is 27.7 Å². The Morgan fingerprint density at radius 2 is 2.12 bits per heavy atom.